The Morgan fingerprint density at radius 3 is 2.00 bits per heavy atom. The summed E-state index contributed by atoms with van der Waals surface area (Å²) in [6, 6.07) is 9.03. The van der Waals surface area contributed by atoms with Crippen molar-refractivity contribution in [2.24, 2.45) is 10.2 Å². The van der Waals surface area contributed by atoms with Gasteiger partial charge in [0.15, 0.2) is 11.6 Å². The van der Waals surface area contributed by atoms with E-state index in [1.165, 1.54) is 11.8 Å². The Kier molecular flexibility index (Phi) is 7.04. The molecule has 144 valence electrons. The van der Waals surface area contributed by atoms with E-state index in [9.17, 15) is 22.0 Å². The molecule has 0 saturated heterocycles. The Bertz CT molecular complexity index is 791. The maximum Gasteiger partial charge on any atom is 0.573 e. The molecule has 0 aliphatic heterocycles. The molecule has 27 heavy (non-hydrogen) atoms. The van der Waals surface area contributed by atoms with Gasteiger partial charge in [0.2, 0.25) is 5.75 Å². The van der Waals surface area contributed by atoms with Gasteiger partial charge in [-0.3, -0.25) is 0 Å². The van der Waals surface area contributed by atoms with Gasteiger partial charge in [-0.25, -0.2) is 8.78 Å². The molecule has 0 spiro atoms. The van der Waals surface area contributed by atoms with Crippen LogP contribution in [0.4, 0.5) is 22.0 Å². The number of aryl methyl sites for hydroxylation is 1. The summed E-state index contributed by atoms with van der Waals surface area (Å²) < 4.78 is 66.8. The number of ether oxygens (including phenoxy) is 1. The highest BCUT2D eigenvalue weighted by atomic mass is 19.4. The smallest absolute Gasteiger partial charge is 0.399 e. The molecule has 0 unspecified atom stereocenters. The summed E-state index contributed by atoms with van der Waals surface area (Å²) in [5, 5.41) is 7.40. The molecular weight excluding hydrogens is 367 g/mol. The number of unbranched alkanes of at least 4 members (excludes halogenated alkanes) is 1. The zero-order chi connectivity index (χ0) is 19.9. The van der Waals surface area contributed by atoms with Gasteiger partial charge in [0.1, 0.15) is 0 Å². The van der Waals surface area contributed by atoms with Crippen LogP contribution in [0.3, 0.4) is 0 Å². The largest absolute Gasteiger partial charge is 0.573 e. The zero-order valence-electron chi connectivity index (χ0n) is 14.4. The first-order chi connectivity index (χ1) is 12.8. The molecule has 0 bridgehead atoms. The Hall–Kier alpha value is -2.77. The van der Waals surface area contributed by atoms with Crippen molar-refractivity contribution < 1.29 is 26.7 Å². The normalized spacial score (nSPS) is 12.2. The fourth-order valence-corrected chi connectivity index (χ4v) is 2.22. The quantitative estimate of drug-likeness (QED) is 0.345. The third-order valence-electron chi connectivity index (χ3n) is 3.52. The van der Waals surface area contributed by atoms with Gasteiger partial charge in [0, 0.05) is 5.56 Å². The van der Waals surface area contributed by atoms with E-state index in [-0.39, 0.29) is 5.56 Å². The van der Waals surface area contributed by atoms with Crippen molar-refractivity contribution in [1.29, 1.82) is 0 Å². The van der Waals surface area contributed by atoms with Crippen molar-refractivity contribution in [2.45, 2.75) is 32.5 Å². The highest BCUT2D eigenvalue weighted by Gasteiger charge is 2.34. The molecule has 2 rings (SSSR count). The minimum absolute atomic E-state index is 0.0911. The number of hydrogen-bond acceptors (Lipinski definition) is 3. The second-order valence-corrected chi connectivity index (χ2v) is 5.70. The predicted octanol–water partition coefficient (Wildman–Crippen LogP) is 5.66. The van der Waals surface area contributed by atoms with Crippen LogP contribution in [-0.2, 0) is 6.42 Å². The number of rotatable bonds is 7. The topological polar surface area (TPSA) is 34.0 Å². The van der Waals surface area contributed by atoms with Crippen molar-refractivity contribution in [3.05, 3.63) is 64.7 Å². The van der Waals surface area contributed by atoms with Crippen LogP contribution in [-0.4, -0.2) is 18.8 Å². The lowest BCUT2D eigenvalue weighted by molar-refractivity contribution is -0.276. The maximum absolute atomic E-state index is 13.6. The number of nitrogens with zero attached hydrogens (tertiary/aromatic N) is 2. The van der Waals surface area contributed by atoms with Crippen molar-refractivity contribution in [2.75, 3.05) is 0 Å². The minimum Gasteiger partial charge on any atom is -0.399 e. The fourth-order valence-electron chi connectivity index (χ4n) is 2.22. The number of alkyl halides is 3. The molecule has 0 aliphatic carbocycles. The monoisotopic (exact) mass is 384 g/mol. The van der Waals surface area contributed by atoms with Gasteiger partial charge in [0.05, 0.1) is 12.4 Å². The minimum atomic E-state index is -5.19. The Labute approximate surface area is 153 Å². The number of halogens is 5. The van der Waals surface area contributed by atoms with Crippen LogP contribution in [0.2, 0.25) is 0 Å². The summed E-state index contributed by atoms with van der Waals surface area (Å²) in [6.07, 6.45) is 0.509. The third kappa shape index (κ3) is 6.80. The van der Waals surface area contributed by atoms with E-state index in [0.29, 0.717) is 12.1 Å². The van der Waals surface area contributed by atoms with Crippen molar-refractivity contribution >= 4 is 12.4 Å². The van der Waals surface area contributed by atoms with Crippen molar-refractivity contribution in [3.63, 3.8) is 0 Å². The molecule has 0 atom stereocenters. The average Bonchev–Trinajstić information content (AvgIpc) is 2.60. The van der Waals surface area contributed by atoms with Crippen LogP contribution in [0.25, 0.3) is 0 Å². The van der Waals surface area contributed by atoms with Crippen LogP contribution in [0.5, 0.6) is 5.75 Å². The van der Waals surface area contributed by atoms with Crippen LogP contribution in [0, 0.1) is 11.6 Å². The molecule has 0 aromatic heterocycles. The molecule has 2 aromatic rings. The second-order valence-electron chi connectivity index (χ2n) is 5.70. The van der Waals surface area contributed by atoms with Gasteiger partial charge in [-0.05, 0) is 36.1 Å². The molecule has 3 nitrogen and oxygen atoms in total. The molecule has 0 N–H and O–H groups in total. The highest BCUT2D eigenvalue weighted by molar-refractivity contribution is 5.82. The Morgan fingerprint density at radius 1 is 0.926 bits per heavy atom. The summed E-state index contributed by atoms with van der Waals surface area (Å²) in [6.45, 7) is 2.12. The number of benzene rings is 2. The Morgan fingerprint density at radius 2 is 1.48 bits per heavy atom. The second kappa shape index (κ2) is 9.25. The van der Waals surface area contributed by atoms with Crippen LogP contribution in [0.1, 0.15) is 36.5 Å². The molecule has 0 saturated carbocycles. The standard InChI is InChI=1S/C19H17F5N2O/c1-2-3-4-13-5-7-14(8-6-13)11-25-26-12-15-9-16(20)18(17(21)10-15)27-19(22,23)24/h5-12H,2-4H2,1H3/b25-11+,26-12-. The van der Waals surface area contributed by atoms with Gasteiger partial charge < -0.3 is 4.74 Å². The van der Waals surface area contributed by atoms with Crippen LogP contribution >= 0.6 is 0 Å². The zero-order valence-corrected chi connectivity index (χ0v) is 14.4. The summed E-state index contributed by atoms with van der Waals surface area (Å²) >= 11 is 0. The number of hydrogen-bond donors (Lipinski definition) is 0. The van der Waals surface area contributed by atoms with Gasteiger partial charge in [-0.1, -0.05) is 37.6 Å². The first-order valence-corrected chi connectivity index (χ1v) is 8.18. The third-order valence-corrected chi connectivity index (χ3v) is 3.52. The molecule has 0 fully saturated rings. The molecule has 0 aliphatic rings. The Balaban J connectivity index is 2.02. The lowest BCUT2D eigenvalue weighted by atomic mass is 10.1. The molecule has 0 amide bonds. The predicted molar refractivity (Wildman–Crippen MR) is 93.3 cm³/mol. The SMILES string of the molecule is CCCCc1ccc(/C=N/N=C\c2cc(F)c(OC(F)(F)F)c(F)c2)cc1. The summed E-state index contributed by atoms with van der Waals surface area (Å²) in [5.41, 5.74) is 1.91. The van der Waals surface area contributed by atoms with E-state index >= 15 is 0 Å². The van der Waals surface area contributed by atoms with Gasteiger partial charge >= 0.3 is 6.36 Å². The molecule has 2 aromatic carbocycles. The van der Waals surface area contributed by atoms with Crippen LogP contribution in [0.15, 0.2) is 46.6 Å². The van der Waals surface area contributed by atoms with Gasteiger partial charge in [-0.2, -0.15) is 10.2 Å². The first-order valence-electron chi connectivity index (χ1n) is 8.18. The summed E-state index contributed by atoms with van der Waals surface area (Å²) in [7, 11) is 0. The van der Waals surface area contributed by atoms with Crippen molar-refractivity contribution in [1.82, 2.24) is 0 Å². The van der Waals surface area contributed by atoms with E-state index < -0.39 is 23.7 Å². The molecule has 0 heterocycles. The summed E-state index contributed by atoms with van der Waals surface area (Å²) in [4.78, 5) is 0. The maximum atomic E-state index is 13.6. The lowest BCUT2D eigenvalue weighted by Gasteiger charge is -2.10. The van der Waals surface area contributed by atoms with E-state index in [1.54, 1.807) is 0 Å². The van der Waals surface area contributed by atoms with Gasteiger partial charge in [0.25, 0.3) is 0 Å². The fraction of sp³-hybridized carbons (Fsp3) is 0.263. The summed E-state index contributed by atoms with van der Waals surface area (Å²) in [5.74, 6) is -4.48. The average molecular weight is 384 g/mol. The van der Waals surface area contributed by atoms with Crippen LogP contribution < -0.4 is 4.74 Å². The molecule has 8 heteroatoms. The van der Waals surface area contributed by atoms with E-state index in [4.69, 9.17) is 0 Å². The first kappa shape index (κ1) is 20.5. The molecular formula is C19H17F5N2O. The van der Waals surface area contributed by atoms with E-state index in [1.807, 2.05) is 24.3 Å². The van der Waals surface area contributed by atoms with E-state index in [2.05, 4.69) is 21.9 Å². The molecule has 0 radical (unpaired) electrons. The van der Waals surface area contributed by atoms with Gasteiger partial charge in [-0.15, -0.1) is 13.2 Å². The van der Waals surface area contributed by atoms with Crippen molar-refractivity contribution in [3.8, 4) is 5.75 Å². The van der Waals surface area contributed by atoms with E-state index in [0.717, 1.165) is 31.0 Å². The lowest BCUT2D eigenvalue weighted by Crippen LogP contribution is -2.19. The highest BCUT2D eigenvalue weighted by Crippen LogP contribution is 2.29.